The molecule has 2 aromatic rings. The molecule has 1 atom stereocenters. The van der Waals surface area contributed by atoms with Crippen LogP contribution in [-0.4, -0.2) is 84.3 Å². The molecule has 1 saturated heterocycles. The highest BCUT2D eigenvalue weighted by Gasteiger charge is 2.43. The van der Waals surface area contributed by atoms with Crippen LogP contribution in [0.5, 0.6) is 5.75 Å². The van der Waals surface area contributed by atoms with E-state index in [1.54, 1.807) is 25.2 Å². The third-order valence-corrected chi connectivity index (χ3v) is 7.54. The lowest BCUT2D eigenvalue weighted by Gasteiger charge is -2.33. The van der Waals surface area contributed by atoms with Crippen LogP contribution in [0, 0.1) is 0 Å². The van der Waals surface area contributed by atoms with E-state index in [2.05, 4.69) is 30.8 Å². The lowest BCUT2D eigenvalue weighted by molar-refractivity contribution is -0.163. The van der Waals surface area contributed by atoms with E-state index in [0.717, 1.165) is 38.6 Å². The van der Waals surface area contributed by atoms with Gasteiger partial charge in [0, 0.05) is 18.7 Å². The van der Waals surface area contributed by atoms with E-state index in [-0.39, 0.29) is 29.9 Å². The Kier molecular flexibility index (Phi) is 9.23. The number of likely N-dealkylation sites (tertiary alicyclic amines) is 1. The normalized spacial score (nSPS) is 18.3. The minimum atomic E-state index is -3.96. The number of methoxy groups -OCH3 is 1. The first kappa shape index (κ1) is 29.2. The van der Waals surface area contributed by atoms with Crippen LogP contribution in [0.25, 0.3) is 0 Å². The molecule has 1 aliphatic heterocycles. The molecule has 1 saturated carbocycles. The maximum absolute atomic E-state index is 14.4. The molecule has 1 amide bonds. The number of nitrogens with zero attached hydrogens (tertiary/aromatic N) is 4. The molecule has 4 N–H and O–H groups in total. The molecule has 0 spiro atoms. The zero-order valence-electron chi connectivity index (χ0n) is 23.0. The molecule has 13 heteroatoms. The summed E-state index contributed by atoms with van der Waals surface area (Å²) in [6.45, 7) is -0.0843. The number of carboxylic acids is 1. The predicted octanol–water partition coefficient (Wildman–Crippen LogP) is 3.91. The second-order valence-electron chi connectivity index (χ2n) is 10.3. The van der Waals surface area contributed by atoms with Gasteiger partial charge in [0.25, 0.3) is 5.91 Å². The number of hydrogen-bond acceptors (Lipinski definition) is 9. The summed E-state index contributed by atoms with van der Waals surface area (Å²) >= 11 is 0. The number of ether oxygens (including phenoxy) is 1. The molecule has 4 rings (SSSR count). The van der Waals surface area contributed by atoms with Gasteiger partial charge in [-0.05, 0) is 63.9 Å². The van der Waals surface area contributed by atoms with E-state index in [0.29, 0.717) is 35.5 Å². The van der Waals surface area contributed by atoms with E-state index >= 15 is 0 Å². The van der Waals surface area contributed by atoms with Crippen LogP contribution >= 0.6 is 0 Å². The van der Waals surface area contributed by atoms with Crippen LogP contribution < -0.4 is 25.6 Å². The Morgan fingerprint density at radius 1 is 1.18 bits per heavy atom. The molecule has 1 aromatic carbocycles. The van der Waals surface area contributed by atoms with Gasteiger partial charge in [0.2, 0.25) is 5.95 Å². The number of alkyl halides is 2. The van der Waals surface area contributed by atoms with Crippen molar-refractivity contribution in [3.8, 4) is 5.75 Å². The number of benzene rings is 1. The predicted molar refractivity (Wildman–Crippen MR) is 148 cm³/mol. The molecule has 0 radical (unpaired) electrons. The Morgan fingerprint density at radius 3 is 2.55 bits per heavy atom. The Morgan fingerprint density at radius 2 is 1.90 bits per heavy atom. The summed E-state index contributed by atoms with van der Waals surface area (Å²) in [5.74, 6) is -5.70. The van der Waals surface area contributed by atoms with Gasteiger partial charge in [0.15, 0.2) is 5.82 Å². The number of aliphatic carboxylic acids is 1. The van der Waals surface area contributed by atoms with Crippen molar-refractivity contribution in [3.63, 3.8) is 0 Å². The summed E-state index contributed by atoms with van der Waals surface area (Å²) in [5.41, 5.74) is 1.29. The lowest BCUT2D eigenvalue weighted by Crippen LogP contribution is -2.48. The molecule has 1 aromatic heterocycles. The fraction of sp³-hybridized carbons (Fsp3) is 0.556. The first-order chi connectivity index (χ1) is 19.1. The number of hydrogen-bond donors (Lipinski definition) is 4. The molecule has 1 unspecified atom stereocenters. The van der Waals surface area contributed by atoms with Gasteiger partial charge >= 0.3 is 11.9 Å². The monoisotopic (exact) mass is 561 g/mol. The van der Waals surface area contributed by atoms with E-state index in [1.807, 2.05) is 7.05 Å². The summed E-state index contributed by atoms with van der Waals surface area (Å²) < 4.78 is 34.4. The van der Waals surface area contributed by atoms with Gasteiger partial charge in [0.1, 0.15) is 5.75 Å². The number of carbonyl (C=O) groups excluding carboxylic acids is 1. The van der Waals surface area contributed by atoms with Crippen LogP contribution in [0.4, 0.5) is 31.9 Å². The van der Waals surface area contributed by atoms with Crippen LogP contribution in [0.3, 0.4) is 0 Å². The topological polar surface area (TPSA) is 132 Å². The minimum absolute atomic E-state index is 0.0288. The number of nitrogens with one attached hydrogen (secondary N) is 3. The molecule has 0 bridgehead atoms. The van der Waals surface area contributed by atoms with Gasteiger partial charge in [-0.15, -0.1) is 0 Å². The third kappa shape index (κ3) is 6.69. The van der Waals surface area contributed by atoms with Gasteiger partial charge in [-0.3, -0.25) is 9.69 Å². The minimum Gasteiger partial charge on any atom is -0.495 e. The number of carboxylic acid groups (broad SMARTS) is 1. The van der Waals surface area contributed by atoms with Crippen LogP contribution in [0.1, 0.15) is 55.3 Å². The third-order valence-electron chi connectivity index (χ3n) is 7.54. The van der Waals surface area contributed by atoms with E-state index in [1.165, 1.54) is 18.2 Å². The Hall–Kier alpha value is -3.74. The van der Waals surface area contributed by atoms with E-state index in [9.17, 15) is 18.4 Å². The molecule has 218 valence electrons. The summed E-state index contributed by atoms with van der Waals surface area (Å²) in [5, 5.41) is 18.1. The van der Waals surface area contributed by atoms with Gasteiger partial charge in [0.05, 0.1) is 37.4 Å². The Balaban J connectivity index is 1.59. The first-order valence-electron chi connectivity index (χ1n) is 13.5. The number of carbonyl (C=O) groups is 2. The fourth-order valence-electron chi connectivity index (χ4n) is 5.25. The number of halogens is 2. The van der Waals surface area contributed by atoms with Crippen molar-refractivity contribution in [2.75, 3.05) is 49.8 Å². The number of piperidine rings is 1. The second-order valence-corrected chi connectivity index (χ2v) is 10.3. The number of aromatic nitrogens is 2. The summed E-state index contributed by atoms with van der Waals surface area (Å²) in [6, 6.07) is 4.66. The summed E-state index contributed by atoms with van der Waals surface area (Å²) in [7, 11) is 5.08. The van der Waals surface area contributed by atoms with Crippen LogP contribution in [0.2, 0.25) is 0 Å². The summed E-state index contributed by atoms with van der Waals surface area (Å²) in [4.78, 5) is 36.5. The number of amides is 1. The summed E-state index contributed by atoms with van der Waals surface area (Å²) in [6.07, 6.45) is 7.51. The van der Waals surface area contributed by atoms with Gasteiger partial charge < -0.3 is 30.7 Å². The van der Waals surface area contributed by atoms with Gasteiger partial charge in [-0.1, -0.05) is 12.8 Å². The van der Waals surface area contributed by atoms with Crippen molar-refractivity contribution < 1.29 is 28.2 Å². The van der Waals surface area contributed by atoms with Gasteiger partial charge in [-0.2, -0.15) is 13.8 Å². The van der Waals surface area contributed by atoms with Crippen molar-refractivity contribution in [3.05, 3.63) is 30.0 Å². The number of anilines is 4. The SMILES string of the molecule is CNc1cnc(Nc2ccc(C(=O)NC3CCCCN3C)cc2OC)nc1N(CC(F)(F)C(=O)O)C1CCCC1. The number of rotatable bonds is 11. The lowest BCUT2D eigenvalue weighted by atomic mass is 10.1. The quantitative estimate of drug-likeness (QED) is 0.320. The highest BCUT2D eigenvalue weighted by Crippen LogP contribution is 2.35. The average Bonchev–Trinajstić information content (AvgIpc) is 3.48. The van der Waals surface area contributed by atoms with Crippen molar-refractivity contribution in [2.45, 2.75) is 63.1 Å². The van der Waals surface area contributed by atoms with Crippen molar-refractivity contribution in [1.82, 2.24) is 20.2 Å². The van der Waals surface area contributed by atoms with Crippen molar-refractivity contribution in [2.24, 2.45) is 0 Å². The molecule has 1 aliphatic carbocycles. The highest BCUT2D eigenvalue weighted by atomic mass is 19.3. The maximum Gasteiger partial charge on any atom is 0.376 e. The van der Waals surface area contributed by atoms with Gasteiger partial charge in [-0.25, -0.2) is 9.78 Å². The smallest absolute Gasteiger partial charge is 0.376 e. The van der Waals surface area contributed by atoms with Crippen LogP contribution in [0.15, 0.2) is 24.4 Å². The maximum atomic E-state index is 14.4. The van der Waals surface area contributed by atoms with E-state index < -0.39 is 18.4 Å². The van der Waals surface area contributed by atoms with Crippen LogP contribution in [-0.2, 0) is 4.79 Å². The molecular weight excluding hydrogens is 524 g/mol. The zero-order valence-corrected chi connectivity index (χ0v) is 23.0. The molecular formula is C27H37F2N7O4. The standard InChI is InChI=1S/C27H37F2N7O4/c1-30-20-15-31-26(34-23(20)36(18-8-4-5-9-18)16-27(28,29)25(38)39)32-19-12-11-17(14-21(19)40-3)24(37)33-22-10-6-7-13-35(22)2/h11-12,14-15,18,22,30H,4-10,13,16H2,1-3H3,(H,33,37)(H,38,39)(H,31,32,34). The zero-order chi connectivity index (χ0) is 28.9. The molecule has 2 heterocycles. The highest BCUT2D eigenvalue weighted by molar-refractivity contribution is 5.95. The average molecular weight is 562 g/mol. The van der Waals surface area contributed by atoms with E-state index in [4.69, 9.17) is 9.84 Å². The van der Waals surface area contributed by atoms with Crippen molar-refractivity contribution >= 4 is 35.0 Å². The molecule has 2 aliphatic rings. The largest absolute Gasteiger partial charge is 0.495 e. The molecule has 2 fully saturated rings. The Bertz CT molecular complexity index is 1210. The molecule has 40 heavy (non-hydrogen) atoms. The fourth-order valence-corrected chi connectivity index (χ4v) is 5.25. The first-order valence-corrected chi connectivity index (χ1v) is 13.5. The molecule has 11 nitrogen and oxygen atoms in total. The second kappa shape index (κ2) is 12.6. The van der Waals surface area contributed by atoms with Crippen molar-refractivity contribution in [1.29, 1.82) is 0 Å². The Labute approximate surface area is 232 Å².